The molecular formula is C24H29FN2O4. The van der Waals surface area contributed by atoms with Crippen LogP contribution in [0.3, 0.4) is 0 Å². The minimum atomic E-state index is -0.295. The van der Waals surface area contributed by atoms with Crippen LogP contribution in [0.15, 0.2) is 47.6 Å². The van der Waals surface area contributed by atoms with Gasteiger partial charge in [-0.3, -0.25) is 4.79 Å². The smallest absolute Gasteiger partial charge is 0.223 e. The van der Waals surface area contributed by atoms with Crippen LogP contribution in [0.25, 0.3) is 0 Å². The van der Waals surface area contributed by atoms with Crippen molar-refractivity contribution in [3.05, 3.63) is 59.4 Å². The van der Waals surface area contributed by atoms with E-state index in [2.05, 4.69) is 5.16 Å². The molecule has 0 radical (unpaired) electrons. The lowest BCUT2D eigenvalue weighted by Gasteiger charge is -2.26. The molecule has 7 heteroatoms. The molecule has 1 aliphatic rings. The van der Waals surface area contributed by atoms with E-state index in [9.17, 15) is 9.18 Å². The molecule has 1 aliphatic heterocycles. The summed E-state index contributed by atoms with van der Waals surface area (Å²) >= 11 is 0. The van der Waals surface area contributed by atoms with Crippen molar-refractivity contribution in [1.82, 2.24) is 4.90 Å². The van der Waals surface area contributed by atoms with E-state index in [0.717, 1.165) is 16.8 Å². The first-order valence-corrected chi connectivity index (χ1v) is 10.4. The average molecular weight is 429 g/mol. The molecule has 6 nitrogen and oxygen atoms in total. The van der Waals surface area contributed by atoms with Crippen LogP contribution in [-0.4, -0.2) is 43.4 Å². The quantitative estimate of drug-likeness (QED) is 0.594. The number of hydrogen-bond donors (Lipinski definition) is 0. The Morgan fingerprint density at radius 2 is 1.87 bits per heavy atom. The molecule has 1 atom stereocenters. The van der Waals surface area contributed by atoms with Crippen molar-refractivity contribution >= 4 is 11.6 Å². The maximum atomic E-state index is 13.3. The third-order valence-corrected chi connectivity index (χ3v) is 5.10. The lowest BCUT2D eigenvalue weighted by molar-refractivity contribution is -0.134. The van der Waals surface area contributed by atoms with Gasteiger partial charge in [0.2, 0.25) is 5.91 Å². The van der Waals surface area contributed by atoms with Gasteiger partial charge in [0.25, 0.3) is 0 Å². The summed E-state index contributed by atoms with van der Waals surface area (Å²) in [6.45, 7) is 4.83. The van der Waals surface area contributed by atoms with E-state index in [1.807, 2.05) is 32.0 Å². The Kier molecular flexibility index (Phi) is 7.50. The first-order valence-electron chi connectivity index (χ1n) is 10.4. The van der Waals surface area contributed by atoms with Crippen molar-refractivity contribution in [2.24, 2.45) is 11.1 Å². The van der Waals surface area contributed by atoms with Gasteiger partial charge in [0.05, 0.1) is 26.5 Å². The standard InChI is InChI=1S/C24H29FN2O4/c1-16(2)11-24(28)27(14-17-5-8-19(25)9-6-17)15-20-13-21(26-31-20)18-7-10-22(29-3)23(12-18)30-4/h5-10,12,16,20H,11,13-15H2,1-4H3. The SMILES string of the molecule is COc1ccc(C2=NOC(CN(Cc3ccc(F)cc3)C(=O)CC(C)C)C2)cc1OC. The number of benzene rings is 2. The minimum Gasteiger partial charge on any atom is -0.493 e. The fraction of sp³-hybridized carbons (Fsp3) is 0.417. The van der Waals surface area contributed by atoms with Gasteiger partial charge < -0.3 is 19.2 Å². The highest BCUT2D eigenvalue weighted by molar-refractivity contribution is 6.01. The van der Waals surface area contributed by atoms with Crippen LogP contribution < -0.4 is 9.47 Å². The van der Waals surface area contributed by atoms with Gasteiger partial charge in [-0.15, -0.1) is 0 Å². The molecule has 1 unspecified atom stereocenters. The Labute approximate surface area is 182 Å². The lowest BCUT2D eigenvalue weighted by Crippen LogP contribution is -2.37. The van der Waals surface area contributed by atoms with Crippen LogP contribution >= 0.6 is 0 Å². The topological polar surface area (TPSA) is 60.4 Å². The molecule has 0 saturated heterocycles. The van der Waals surface area contributed by atoms with Gasteiger partial charge in [0.1, 0.15) is 5.82 Å². The van der Waals surface area contributed by atoms with E-state index in [4.69, 9.17) is 14.3 Å². The van der Waals surface area contributed by atoms with Crippen LogP contribution in [0.2, 0.25) is 0 Å². The molecule has 0 fully saturated rings. The molecule has 3 rings (SSSR count). The number of ether oxygens (including phenoxy) is 2. The van der Waals surface area contributed by atoms with Gasteiger partial charge in [0.15, 0.2) is 17.6 Å². The van der Waals surface area contributed by atoms with Gasteiger partial charge in [-0.1, -0.05) is 31.1 Å². The lowest BCUT2D eigenvalue weighted by atomic mass is 10.0. The highest BCUT2D eigenvalue weighted by atomic mass is 19.1. The molecule has 1 heterocycles. The molecule has 2 aromatic carbocycles. The minimum absolute atomic E-state index is 0.0440. The molecule has 0 aliphatic carbocycles. The van der Waals surface area contributed by atoms with E-state index in [0.29, 0.717) is 37.4 Å². The van der Waals surface area contributed by atoms with E-state index in [1.165, 1.54) is 12.1 Å². The summed E-state index contributed by atoms with van der Waals surface area (Å²) < 4.78 is 23.9. The van der Waals surface area contributed by atoms with Crippen LogP contribution in [0.5, 0.6) is 11.5 Å². The van der Waals surface area contributed by atoms with Crippen molar-refractivity contribution in [3.8, 4) is 11.5 Å². The Hall–Kier alpha value is -3.09. The van der Waals surface area contributed by atoms with Gasteiger partial charge in [0, 0.05) is 24.9 Å². The summed E-state index contributed by atoms with van der Waals surface area (Å²) in [7, 11) is 3.18. The van der Waals surface area contributed by atoms with Gasteiger partial charge >= 0.3 is 0 Å². The number of amides is 1. The highest BCUT2D eigenvalue weighted by Gasteiger charge is 2.27. The molecule has 1 amide bonds. The number of nitrogens with zero attached hydrogens (tertiary/aromatic N) is 2. The van der Waals surface area contributed by atoms with E-state index in [1.54, 1.807) is 31.3 Å². The summed E-state index contributed by atoms with van der Waals surface area (Å²) in [5.74, 6) is 1.26. The van der Waals surface area contributed by atoms with Gasteiger partial charge in [-0.2, -0.15) is 0 Å². The van der Waals surface area contributed by atoms with Gasteiger partial charge in [-0.05, 0) is 41.8 Å². The zero-order valence-electron chi connectivity index (χ0n) is 18.4. The summed E-state index contributed by atoms with van der Waals surface area (Å²) in [6, 6.07) is 11.8. The number of carbonyl (C=O) groups is 1. The fourth-order valence-electron chi connectivity index (χ4n) is 3.50. The molecule has 31 heavy (non-hydrogen) atoms. The van der Waals surface area contributed by atoms with Crippen LogP contribution in [0, 0.1) is 11.7 Å². The number of oxime groups is 1. The maximum absolute atomic E-state index is 13.3. The van der Waals surface area contributed by atoms with E-state index < -0.39 is 0 Å². The molecular weight excluding hydrogens is 399 g/mol. The molecule has 0 N–H and O–H groups in total. The number of hydrogen-bond acceptors (Lipinski definition) is 5. The Morgan fingerprint density at radius 1 is 1.16 bits per heavy atom. The monoisotopic (exact) mass is 428 g/mol. The Morgan fingerprint density at radius 3 is 2.52 bits per heavy atom. The molecule has 0 spiro atoms. The van der Waals surface area contributed by atoms with E-state index in [-0.39, 0.29) is 23.7 Å². The number of halogens is 1. The predicted octanol–water partition coefficient (Wildman–Crippen LogP) is 4.41. The number of methoxy groups -OCH3 is 2. The van der Waals surface area contributed by atoms with Gasteiger partial charge in [-0.25, -0.2) is 4.39 Å². The van der Waals surface area contributed by atoms with Crippen LogP contribution in [0.4, 0.5) is 4.39 Å². The largest absolute Gasteiger partial charge is 0.493 e. The number of carbonyl (C=O) groups excluding carboxylic acids is 1. The molecule has 0 aromatic heterocycles. The second-order valence-electron chi connectivity index (χ2n) is 8.04. The Balaban J connectivity index is 1.69. The van der Waals surface area contributed by atoms with Crippen molar-refractivity contribution in [3.63, 3.8) is 0 Å². The number of rotatable bonds is 9. The first-order chi connectivity index (χ1) is 14.9. The summed E-state index contributed by atoms with van der Waals surface area (Å²) in [5.41, 5.74) is 2.56. The zero-order chi connectivity index (χ0) is 22.4. The second-order valence-corrected chi connectivity index (χ2v) is 8.04. The molecule has 0 bridgehead atoms. The summed E-state index contributed by atoms with van der Waals surface area (Å²) in [5, 5.41) is 4.24. The van der Waals surface area contributed by atoms with Crippen molar-refractivity contribution in [2.45, 2.75) is 39.3 Å². The van der Waals surface area contributed by atoms with Crippen molar-refractivity contribution < 1.29 is 23.5 Å². The molecule has 166 valence electrons. The molecule has 0 saturated carbocycles. The van der Waals surface area contributed by atoms with Crippen LogP contribution in [0.1, 0.15) is 37.8 Å². The highest BCUT2D eigenvalue weighted by Crippen LogP contribution is 2.29. The first kappa shape index (κ1) is 22.6. The van der Waals surface area contributed by atoms with Crippen LogP contribution in [-0.2, 0) is 16.2 Å². The van der Waals surface area contributed by atoms with E-state index >= 15 is 0 Å². The Bertz CT molecular complexity index is 928. The second kappa shape index (κ2) is 10.3. The predicted molar refractivity (Wildman–Crippen MR) is 117 cm³/mol. The molecule has 2 aromatic rings. The third kappa shape index (κ3) is 5.96. The average Bonchev–Trinajstić information content (AvgIpc) is 3.22. The van der Waals surface area contributed by atoms with Crippen molar-refractivity contribution in [2.75, 3.05) is 20.8 Å². The third-order valence-electron chi connectivity index (χ3n) is 5.10. The normalized spacial score (nSPS) is 15.4. The summed E-state index contributed by atoms with van der Waals surface area (Å²) in [6.07, 6.45) is 0.765. The fourth-order valence-corrected chi connectivity index (χ4v) is 3.50. The maximum Gasteiger partial charge on any atom is 0.223 e. The summed E-state index contributed by atoms with van der Waals surface area (Å²) in [4.78, 5) is 20.3. The van der Waals surface area contributed by atoms with Crippen molar-refractivity contribution in [1.29, 1.82) is 0 Å². The zero-order valence-corrected chi connectivity index (χ0v) is 18.4.